The molecule has 0 amide bonds. The molecule has 1 saturated carbocycles. The first-order chi connectivity index (χ1) is 9.40. The van der Waals surface area contributed by atoms with Gasteiger partial charge in [0.15, 0.2) is 0 Å². The molecule has 1 aromatic heterocycles. The highest BCUT2D eigenvalue weighted by Crippen LogP contribution is 2.30. The quantitative estimate of drug-likeness (QED) is 0.779. The number of pyridine rings is 1. The van der Waals surface area contributed by atoms with Crippen LogP contribution in [0, 0.1) is 5.92 Å². The number of nitrogens with zero attached hydrogens (tertiary/aromatic N) is 1. The predicted molar refractivity (Wildman–Crippen MR) is 81.9 cm³/mol. The second-order valence-electron chi connectivity index (χ2n) is 5.49. The minimum absolute atomic E-state index is 0.764. The van der Waals surface area contributed by atoms with E-state index in [-0.39, 0.29) is 0 Å². The smallest absolute Gasteiger partial charge is 0.0629 e. The van der Waals surface area contributed by atoms with Gasteiger partial charge < -0.3 is 5.32 Å². The Morgan fingerprint density at radius 2 is 2.16 bits per heavy atom. The van der Waals surface area contributed by atoms with Crippen LogP contribution in [-0.2, 0) is 0 Å². The second-order valence-corrected chi connectivity index (χ2v) is 5.49. The molecule has 1 fully saturated rings. The molecule has 104 valence electrons. The van der Waals surface area contributed by atoms with Crippen LogP contribution < -0.4 is 5.32 Å². The fourth-order valence-corrected chi connectivity index (χ4v) is 2.85. The van der Waals surface area contributed by atoms with Gasteiger partial charge in [-0.1, -0.05) is 37.8 Å². The van der Waals surface area contributed by atoms with Gasteiger partial charge in [0, 0.05) is 12.7 Å². The van der Waals surface area contributed by atoms with Gasteiger partial charge in [-0.25, -0.2) is 0 Å². The van der Waals surface area contributed by atoms with Crippen LogP contribution in [0.1, 0.15) is 51.1 Å². The lowest BCUT2D eigenvalue weighted by Crippen LogP contribution is -2.23. The van der Waals surface area contributed by atoms with E-state index in [0.717, 1.165) is 24.7 Å². The van der Waals surface area contributed by atoms with E-state index < -0.39 is 0 Å². The van der Waals surface area contributed by atoms with Crippen LogP contribution in [0.4, 0.5) is 0 Å². The molecule has 19 heavy (non-hydrogen) atoms. The van der Waals surface area contributed by atoms with E-state index in [4.69, 9.17) is 0 Å². The Kier molecular flexibility index (Phi) is 6.09. The lowest BCUT2D eigenvalue weighted by molar-refractivity contribution is 0.396. The van der Waals surface area contributed by atoms with E-state index in [1.54, 1.807) is 5.57 Å². The van der Waals surface area contributed by atoms with E-state index in [2.05, 4.69) is 35.4 Å². The molecule has 2 rings (SSSR count). The van der Waals surface area contributed by atoms with E-state index in [9.17, 15) is 0 Å². The standard InChI is InChI=1S/C17H26N2/c1-2-11-18-14-16(15-8-4-3-5-9-15)13-17-10-6-7-12-19-17/h6-7,10,12-13,15,18H,2-5,8-9,11,14H2,1H3. The Balaban J connectivity index is 2.06. The summed E-state index contributed by atoms with van der Waals surface area (Å²) in [5.41, 5.74) is 2.65. The molecule has 1 aliphatic rings. The zero-order chi connectivity index (χ0) is 13.3. The Labute approximate surface area is 117 Å². The molecule has 0 saturated heterocycles. The van der Waals surface area contributed by atoms with Gasteiger partial charge in [0.2, 0.25) is 0 Å². The fourth-order valence-electron chi connectivity index (χ4n) is 2.85. The Hall–Kier alpha value is -1.15. The highest BCUT2D eigenvalue weighted by atomic mass is 14.8. The van der Waals surface area contributed by atoms with Crippen molar-refractivity contribution in [2.45, 2.75) is 45.4 Å². The maximum atomic E-state index is 4.44. The first kappa shape index (κ1) is 14.3. The van der Waals surface area contributed by atoms with Crippen molar-refractivity contribution in [3.05, 3.63) is 35.7 Å². The molecule has 0 atom stereocenters. The van der Waals surface area contributed by atoms with Crippen molar-refractivity contribution in [1.29, 1.82) is 0 Å². The maximum Gasteiger partial charge on any atom is 0.0629 e. The number of nitrogens with one attached hydrogen (secondary N) is 1. The summed E-state index contributed by atoms with van der Waals surface area (Å²) in [5.74, 6) is 0.764. The van der Waals surface area contributed by atoms with Crippen LogP contribution in [0.25, 0.3) is 6.08 Å². The van der Waals surface area contributed by atoms with Crippen molar-refractivity contribution in [3.63, 3.8) is 0 Å². The summed E-state index contributed by atoms with van der Waals surface area (Å²) in [7, 11) is 0. The monoisotopic (exact) mass is 258 g/mol. The van der Waals surface area contributed by atoms with Crippen LogP contribution in [0.2, 0.25) is 0 Å². The van der Waals surface area contributed by atoms with Gasteiger partial charge in [0.25, 0.3) is 0 Å². The zero-order valence-electron chi connectivity index (χ0n) is 12.1. The third-order valence-electron chi connectivity index (χ3n) is 3.91. The van der Waals surface area contributed by atoms with Crippen molar-refractivity contribution in [2.24, 2.45) is 5.92 Å². The van der Waals surface area contributed by atoms with Gasteiger partial charge in [-0.2, -0.15) is 0 Å². The van der Waals surface area contributed by atoms with Crippen LogP contribution in [0.15, 0.2) is 30.0 Å². The van der Waals surface area contributed by atoms with E-state index in [0.29, 0.717) is 0 Å². The summed E-state index contributed by atoms with van der Waals surface area (Å²) >= 11 is 0. The minimum atomic E-state index is 0.764. The Bertz CT molecular complexity index is 378. The van der Waals surface area contributed by atoms with Crippen molar-refractivity contribution in [2.75, 3.05) is 13.1 Å². The van der Waals surface area contributed by atoms with Crippen molar-refractivity contribution >= 4 is 6.08 Å². The summed E-state index contributed by atoms with van der Waals surface area (Å²) in [6.07, 6.45) is 12.3. The summed E-state index contributed by atoms with van der Waals surface area (Å²) in [5, 5.41) is 3.56. The molecule has 0 bridgehead atoms. The Morgan fingerprint density at radius 3 is 2.84 bits per heavy atom. The molecular weight excluding hydrogens is 232 g/mol. The first-order valence-corrected chi connectivity index (χ1v) is 7.72. The van der Waals surface area contributed by atoms with Gasteiger partial charge >= 0.3 is 0 Å². The molecule has 0 spiro atoms. The third kappa shape index (κ3) is 4.79. The van der Waals surface area contributed by atoms with Gasteiger partial charge in [0.1, 0.15) is 0 Å². The van der Waals surface area contributed by atoms with Gasteiger partial charge in [-0.05, 0) is 49.9 Å². The van der Waals surface area contributed by atoms with E-state index >= 15 is 0 Å². The average molecular weight is 258 g/mol. The molecule has 0 radical (unpaired) electrons. The molecule has 2 heteroatoms. The van der Waals surface area contributed by atoms with Crippen LogP contribution in [-0.4, -0.2) is 18.1 Å². The predicted octanol–water partition coefficient (Wildman–Crippen LogP) is 4.04. The van der Waals surface area contributed by atoms with Gasteiger partial charge in [-0.15, -0.1) is 0 Å². The lowest BCUT2D eigenvalue weighted by Gasteiger charge is -2.25. The van der Waals surface area contributed by atoms with Gasteiger partial charge in [-0.3, -0.25) is 4.98 Å². The molecule has 2 nitrogen and oxygen atoms in total. The summed E-state index contributed by atoms with van der Waals surface area (Å²) in [6, 6.07) is 6.15. The maximum absolute atomic E-state index is 4.44. The molecule has 1 heterocycles. The Morgan fingerprint density at radius 1 is 1.32 bits per heavy atom. The number of rotatable bonds is 6. The van der Waals surface area contributed by atoms with E-state index in [1.807, 2.05) is 12.3 Å². The molecule has 0 unspecified atom stereocenters. The van der Waals surface area contributed by atoms with Crippen LogP contribution >= 0.6 is 0 Å². The third-order valence-corrected chi connectivity index (χ3v) is 3.91. The highest BCUT2D eigenvalue weighted by Gasteiger charge is 2.17. The molecule has 1 aliphatic carbocycles. The zero-order valence-corrected chi connectivity index (χ0v) is 12.1. The number of aromatic nitrogens is 1. The first-order valence-electron chi connectivity index (χ1n) is 7.72. The number of hydrogen-bond donors (Lipinski definition) is 1. The molecule has 1 N–H and O–H groups in total. The summed E-state index contributed by atoms with van der Waals surface area (Å²) < 4.78 is 0. The molecule has 0 aromatic carbocycles. The van der Waals surface area contributed by atoms with Gasteiger partial charge in [0.05, 0.1) is 5.69 Å². The van der Waals surface area contributed by atoms with Crippen molar-refractivity contribution in [3.8, 4) is 0 Å². The van der Waals surface area contributed by atoms with Crippen LogP contribution in [0.3, 0.4) is 0 Å². The highest BCUT2D eigenvalue weighted by molar-refractivity contribution is 5.49. The average Bonchev–Trinajstić information content (AvgIpc) is 2.48. The second kappa shape index (κ2) is 8.11. The number of hydrogen-bond acceptors (Lipinski definition) is 2. The fraction of sp³-hybridized carbons (Fsp3) is 0.588. The van der Waals surface area contributed by atoms with Crippen LogP contribution in [0.5, 0.6) is 0 Å². The lowest BCUT2D eigenvalue weighted by atomic mass is 9.83. The van der Waals surface area contributed by atoms with Crippen molar-refractivity contribution < 1.29 is 0 Å². The van der Waals surface area contributed by atoms with Crippen molar-refractivity contribution in [1.82, 2.24) is 10.3 Å². The molecule has 0 aliphatic heterocycles. The molecular formula is C17H26N2. The normalized spacial score (nSPS) is 17.6. The SMILES string of the molecule is CCCNCC(=Cc1ccccn1)C1CCCCC1. The summed E-state index contributed by atoms with van der Waals surface area (Å²) in [4.78, 5) is 4.44. The summed E-state index contributed by atoms with van der Waals surface area (Å²) in [6.45, 7) is 4.34. The largest absolute Gasteiger partial charge is 0.313 e. The van der Waals surface area contributed by atoms with E-state index in [1.165, 1.54) is 38.5 Å². The minimum Gasteiger partial charge on any atom is -0.313 e. The molecule has 1 aromatic rings. The topological polar surface area (TPSA) is 24.9 Å².